The summed E-state index contributed by atoms with van der Waals surface area (Å²) >= 11 is 0. The maximum absolute atomic E-state index is 11.9. The van der Waals surface area contributed by atoms with Gasteiger partial charge in [-0.05, 0) is 74.3 Å². The van der Waals surface area contributed by atoms with E-state index in [1.165, 1.54) is 30.4 Å². The normalized spacial score (nSPS) is 17.8. The van der Waals surface area contributed by atoms with Crippen LogP contribution in [0.25, 0.3) is 6.08 Å². The van der Waals surface area contributed by atoms with Gasteiger partial charge in [0.05, 0.1) is 6.61 Å². The monoisotopic (exact) mass is 356 g/mol. The molecule has 0 aromatic carbocycles. The third-order valence-corrected chi connectivity index (χ3v) is 4.98. The van der Waals surface area contributed by atoms with E-state index in [-0.39, 0.29) is 11.2 Å². The van der Waals surface area contributed by atoms with Crippen LogP contribution in [0.3, 0.4) is 0 Å². The highest BCUT2D eigenvalue weighted by Crippen LogP contribution is 2.40. The number of carbonyl (C=O) groups excluding carboxylic acids is 1. The van der Waals surface area contributed by atoms with Gasteiger partial charge >= 0.3 is 5.97 Å². The molecule has 3 heteroatoms. The first-order valence-corrected chi connectivity index (χ1v) is 9.67. The van der Waals surface area contributed by atoms with Gasteiger partial charge < -0.3 is 9.15 Å². The molecule has 3 nitrogen and oxygen atoms in total. The zero-order valence-electron chi connectivity index (χ0n) is 16.9. The Balaban J connectivity index is 2.05. The molecule has 1 aliphatic rings. The van der Waals surface area contributed by atoms with Gasteiger partial charge in [-0.25, -0.2) is 4.79 Å². The number of hydrogen-bond donors (Lipinski definition) is 0. The van der Waals surface area contributed by atoms with E-state index in [2.05, 4.69) is 39.8 Å². The van der Waals surface area contributed by atoms with E-state index in [1.54, 1.807) is 6.07 Å². The molecular weight excluding hydrogens is 324 g/mol. The smallest absolute Gasteiger partial charge is 0.374 e. The molecule has 26 heavy (non-hydrogen) atoms. The molecule has 0 N–H and O–H groups in total. The average Bonchev–Trinajstić information content (AvgIpc) is 3.02. The minimum Gasteiger partial charge on any atom is -0.460 e. The highest BCUT2D eigenvalue weighted by molar-refractivity contribution is 5.86. The quantitative estimate of drug-likeness (QED) is 0.309. The van der Waals surface area contributed by atoms with Crippen LogP contribution >= 0.6 is 0 Å². The number of furan rings is 1. The summed E-state index contributed by atoms with van der Waals surface area (Å²) in [4.78, 5) is 11.9. The lowest BCUT2D eigenvalue weighted by Gasteiger charge is -2.32. The van der Waals surface area contributed by atoms with Gasteiger partial charge in [0.1, 0.15) is 5.76 Å². The number of allylic oxidation sites excluding steroid dienone is 5. The van der Waals surface area contributed by atoms with Crippen LogP contribution in [0.1, 0.15) is 83.0 Å². The molecule has 1 aromatic heterocycles. The first kappa shape index (κ1) is 20.3. The predicted molar refractivity (Wildman–Crippen MR) is 107 cm³/mol. The molecule has 2 rings (SSSR count). The molecule has 0 saturated carbocycles. The Morgan fingerprint density at radius 3 is 2.81 bits per heavy atom. The summed E-state index contributed by atoms with van der Waals surface area (Å²) in [6.07, 6.45) is 11.9. The highest BCUT2D eigenvalue weighted by Gasteiger charge is 2.26. The van der Waals surface area contributed by atoms with E-state index in [1.807, 2.05) is 19.1 Å². The molecule has 0 aliphatic heterocycles. The summed E-state index contributed by atoms with van der Waals surface area (Å²) in [7, 11) is 0. The number of esters is 1. The maximum Gasteiger partial charge on any atom is 0.374 e. The van der Waals surface area contributed by atoms with Gasteiger partial charge in [-0.15, -0.1) is 0 Å². The first-order valence-electron chi connectivity index (χ1n) is 9.67. The summed E-state index contributed by atoms with van der Waals surface area (Å²) in [6, 6.07) is 3.48. The van der Waals surface area contributed by atoms with Crippen molar-refractivity contribution >= 4 is 12.0 Å². The van der Waals surface area contributed by atoms with Crippen LogP contribution in [0, 0.1) is 5.41 Å². The lowest BCUT2D eigenvalue weighted by atomic mass is 9.72. The summed E-state index contributed by atoms with van der Waals surface area (Å²) < 4.78 is 10.8. The Labute approximate surface area is 157 Å². The molecule has 0 spiro atoms. The third-order valence-electron chi connectivity index (χ3n) is 4.98. The van der Waals surface area contributed by atoms with Gasteiger partial charge in [-0.2, -0.15) is 0 Å². The van der Waals surface area contributed by atoms with Crippen molar-refractivity contribution in [2.45, 2.75) is 66.7 Å². The van der Waals surface area contributed by atoms with Crippen molar-refractivity contribution in [3.63, 3.8) is 0 Å². The second-order valence-electron chi connectivity index (χ2n) is 7.84. The van der Waals surface area contributed by atoms with Crippen LogP contribution in [0.4, 0.5) is 0 Å². The fourth-order valence-electron chi connectivity index (χ4n) is 3.42. The molecule has 1 aliphatic carbocycles. The largest absolute Gasteiger partial charge is 0.460 e. The van der Waals surface area contributed by atoms with Crippen LogP contribution in [0.5, 0.6) is 0 Å². The standard InChI is InChI=1S/C23H32O3/c1-6-7-15-25-22(24)21-13-11-19(26-21)16-17(2)10-12-20-18(3)9-8-14-23(20,4)5/h10-13,16H,6-9,14-15H2,1-5H3/b12-10+,17-16+. The van der Waals surface area contributed by atoms with E-state index in [9.17, 15) is 4.79 Å². The second-order valence-corrected chi connectivity index (χ2v) is 7.84. The Hall–Kier alpha value is -2.03. The number of hydrogen-bond acceptors (Lipinski definition) is 3. The van der Waals surface area contributed by atoms with Crippen molar-refractivity contribution in [1.29, 1.82) is 0 Å². The van der Waals surface area contributed by atoms with Crippen LogP contribution in [0.15, 0.2) is 45.4 Å². The summed E-state index contributed by atoms with van der Waals surface area (Å²) in [5.74, 6) is 0.537. The van der Waals surface area contributed by atoms with Crippen molar-refractivity contribution in [3.8, 4) is 0 Å². The number of ether oxygens (including phenoxy) is 1. The molecule has 0 atom stereocenters. The van der Waals surface area contributed by atoms with Gasteiger partial charge in [-0.3, -0.25) is 0 Å². The fraction of sp³-hybridized carbons (Fsp3) is 0.522. The molecule has 1 aromatic rings. The van der Waals surface area contributed by atoms with Crippen LogP contribution in [0.2, 0.25) is 0 Å². The topological polar surface area (TPSA) is 39.4 Å². The first-order chi connectivity index (χ1) is 12.3. The lowest BCUT2D eigenvalue weighted by Crippen LogP contribution is -2.19. The minimum atomic E-state index is -0.393. The van der Waals surface area contributed by atoms with E-state index in [0.717, 1.165) is 18.4 Å². The van der Waals surface area contributed by atoms with Gasteiger partial charge in [0, 0.05) is 0 Å². The molecule has 0 unspecified atom stereocenters. The van der Waals surface area contributed by atoms with Crippen molar-refractivity contribution in [1.82, 2.24) is 0 Å². The SMILES string of the molecule is CCCCOC(=O)c1ccc(/C=C(C)/C=C/C2=C(C)CCCC2(C)C)o1. The van der Waals surface area contributed by atoms with Crippen LogP contribution in [-0.4, -0.2) is 12.6 Å². The van der Waals surface area contributed by atoms with Crippen molar-refractivity contribution in [3.05, 3.63) is 52.5 Å². The Morgan fingerprint density at radius 1 is 1.35 bits per heavy atom. The minimum absolute atomic E-state index is 0.235. The molecule has 0 amide bonds. The summed E-state index contributed by atoms with van der Waals surface area (Å²) in [5.41, 5.74) is 4.25. The fourth-order valence-corrected chi connectivity index (χ4v) is 3.42. The molecule has 0 saturated heterocycles. The zero-order valence-corrected chi connectivity index (χ0v) is 16.9. The van der Waals surface area contributed by atoms with Crippen LogP contribution < -0.4 is 0 Å². The van der Waals surface area contributed by atoms with Gasteiger partial charge in [0.15, 0.2) is 0 Å². The van der Waals surface area contributed by atoms with Gasteiger partial charge in [0.25, 0.3) is 0 Å². The molecule has 0 bridgehead atoms. The summed E-state index contributed by atoms with van der Waals surface area (Å²) in [5, 5.41) is 0. The number of unbranched alkanes of at least 4 members (excludes halogenated alkanes) is 1. The molecule has 0 fully saturated rings. The Kier molecular flexibility index (Phi) is 7.07. The van der Waals surface area contributed by atoms with E-state index in [4.69, 9.17) is 9.15 Å². The number of carbonyl (C=O) groups is 1. The third kappa shape index (κ3) is 5.48. The number of rotatable bonds is 7. The Bertz CT molecular complexity index is 714. The summed E-state index contributed by atoms with van der Waals surface area (Å²) in [6.45, 7) is 11.4. The van der Waals surface area contributed by atoms with E-state index < -0.39 is 5.97 Å². The predicted octanol–water partition coefficient (Wildman–Crippen LogP) is 6.72. The molecular formula is C23H32O3. The second kappa shape index (κ2) is 9.07. The zero-order chi connectivity index (χ0) is 19.2. The van der Waals surface area contributed by atoms with Gasteiger partial charge in [0.2, 0.25) is 5.76 Å². The van der Waals surface area contributed by atoms with Crippen molar-refractivity contribution < 1.29 is 13.9 Å². The van der Waals surface area contributed by atoms with E-state index >= 15 is 0 Å². The van der Waals surface area contributed by atoms with Crippen LogP contribution in [-0.2, 0) is 4.74 Å². The molecule has 1 heterocycles. The van der Waals surface area contributed by atoms with Crippen molar-refractivity contribution in [2.24, 2.45) is 5.41 Å². The van der Waals surface area contributed by atoms with E-state index in [0.29, 0.717) is 12.4 Å². The Morgan fingerprint density at radius 2 is 2.12 bits per heavy atom. The maximum atomic E-state index is 11.9. The molecule has 0 radical (unpaired) electrons. The highest BCUT2D eigenvalue weighted by atomic mass is 16.5. The van der Waals surface area contributed by atoms with Gasteiger partial charge in [-0.1, -0.05) is 44.9 Å². The average molecular weight is 357 g/mol. The lowest BCUT2D eigenvalue weighted by molar-refractivity contribution is 0.0463. The molecule has 142 valence electrons. The van der Waals surface area contributed by atoms with Crippen molar-refractivity contribution in [2.75, 3.05) is 6.61 Å².